The summed E-state index contributed by atoms with van der Waals surface area (Å²) in [5.74, 6) is 1.47. The van der Waals surface area contributed by atoms with Crippen LogP contribution in [0, 0.1) is 11.8 Å². The van der Waals surface area contributed by atoms with E-state index in [9.17, 15) is 8.42 Å². The van der Waals surface area contributed by atoms with E-state index in [1.54, 1.807) is 12.1 Å². The molecule has 2 unspecified atom stereocenters. The largest absolute Gasteiger partial charge is 0.397 e. The van der Waals surface area contributed by atoms with Crippen LogP contribution in [0.5, 0.6) is 0 Å². The summed E-state index contributed by atoms with van der Waals surface area (Å²) >= 11 is 0. The predicted molar refractivity (Wildman–Crippen MR) is 86.7 cm³/mol. The fourth-order valence-corrected chi connectivity index (χ4v) is 3.75. The maximum Gasteiger partial charge on any atom is 0.240 e. The summed E-state index contributed by atoms with van der Waals surface area (Å²) in [6.45, 7) is 3.20. The van der Waals surface area contributed by atoms with Gasteiger partial charge in [-0.2, -0.15) is 0 Å². The highest BCUT2D eigenvalue weighted by Gasteiger charge is 2.19. The first kappa shape index (κ1) is 16.1. The number of hydrogen-bond acceptors (Lipinski definition) is 4. The van der Waals surface area contributed by atoms with Crippen LogP contribution in [0.2, 0.25) is 0 Å². The average molecular weight is 311 g/mol. The standard InChI is InChI=1S/C15H25N3O2S/c1-11-4-3-5-12(8-11)10-18-15-7-6-13(9-14(15)16)21(19,20)17-2/h6-7,9,11-12,17-18H,3-5,8,10,16H2,1-2H3. The highest BCUT2D eigenvalue weighted by atomic mass is 32.2. The zero-order chi connectivity index (χ0) is 15.5. The topological polar surface area (TPSA) is 84.2 Å². The molecule has 118 valence electrons. The molecule has 0 spiro atoms. The van der Waals surface area contributed by atoms with E-state index < -0.39 is 10.0 Å². The van der Waals surface area contributed by atoms with Gasteiger partial charge in [0.15, 0.2) is 0 Å². The predicted octanol–water partition coefficient (Wildman–Crippen LogP) is 2.42. The molecule has 0 heterocycles. The smallest absolute Gasteiger partial charge is 0.240 e. The molecule has 0 radical (unpaired) electrons. The summed E-state index contributed by atoms with van der Waals surface area (Å²) in [6, 6.07) is 4.82. The monoisotopic (exact) mass is 311 g/mol. The van der Waals surface area contributed by atoms with Gasteiger partial charge in [-0.25, -0.2) is 13.1 Å². The lowest BCUT2D eigenvalue weighted by Gasteiger charge is -2.27. The minimum atomic E-state index is -3.44. The minimum Gasteiger partial charge on any atom is -0.397 e. The Morgan fingerprint density at radius 2 is 2.10 bits per heavy atom. The van der Waals surface area contributed by atoms with Crippen LogP contribution in [0.3, 0.4) is 0 Å². The van der Waals surface area contributed by atoms with Gasteiger partial charge in [0.25, 0.3) is 0 Å². The number of rotatable bonds is 5. The van der Waals surface area contributed by atoms with E-state index in [0.29, 0.717) is 11.6 Å². The summed E-state index contributed by atoms with van der Waals surface area (Å²) in [5, 5.41) is 3.36. The first-order valence-electron chi connectivity index (χ1n) is 7.49. The molecule has 1 fully saturated rings. The lowest BCUT2D eigenvalue weighted by Crippen LogP contribution is -2.22. The second-order valence-corrected chi connectivity index (χ2v) is 7.86. The van der Waals surface area contributed by atoms with Crippen LogP contribution in [0.25, 0.3) is 0 Å². The molecule has 4 N–H and O–H groups in total. The van der Waals surface area contributed by atoms with E-state index in [1.807, 2.05) is 0 Å². The molecular formula is C15H25N3O2S. The number of nitrogen functional groups attached to an aromatic ring is 1. The zero-order valence-corrected chi connectivity index (χ0v) is 13.5. The Morgan fingerprint density at radius 3 is 2.71 bits per heavy atom. The lowest BCUT2D eigenvalue weighted by molar-refractivity contribution is 0.293. The summed E-state index contributed by atoms with van der Waals surface area (Å²) in [5.41, 5.74) is 7.24. The number of sulfonamides is 1. The third-order valence-corrected chi connectivity index (χ3v) is 5.64. The van der Waals surface area contributed by atoms with Gasteiger partial charge in [0, 0.05) is 6.54 Å². The molecule has 1 saturated carbocycles. The van der Waals surface area contributed by atoms with Crippen LogP contribution in [0.1, 0.15) is 32.6 Å². The number of benzene rings is 1. The Bertz CT molecular complexity index is 587. The van der Waals surface area contributed by atoms with Gasteiger partial charge in [0.05, 0.1) is 16.3 Å². The van der Waals surface area contributed by atoms with Crippen LogP contribution in [-0.2, 0) is 10.0 Å². The Kier molecular flexibility index (Phi) is 5.11. The molecule has 5 nitrogen and oxygen atoms in total. The third-order valence-electron chi connectivity index (χ3n) is 4.23. The molecule has 0 saturated heterocycles. The van der Waals surface area contributed by atoms with Crippen LogP contribution in [-0.4, -0.2) is 22.0 Å². The van der Waals surface area contributed by atoms with Crippen molar-refractivity contribution in [2.45, 2.75) is 37.5 Å². The van der Waals surface area contributed by atoms with Crippen molar-refractivity contribution in [2.24, 2.45) is 11.8 Å². The number of hydrogen-bond donors (Lipinski definition) is 3. The quantitative estimate of drug-likeness (QED) is 0.729. The van der Waals surface area contributed by atoms with Crippen molar-refractivity contribution in [2.75, 3.05) is 24.6 Å². The lowest BCUT2D eigenvalue weighted by atomic mass is 9.82. The normalized spacial score (nSPS) is 23.0. The van der Waals surface area contributed by atoms with Gasteiger partial charge in [-0.1, -0.05) is 19.8 Å². The molecule has 21 heavy (non-hydrogen) atoms. The first-order valence-corrected chi connectivity index (χ1v) is 8.97. The minimum absolute atomic E-state index is 0.194. The van der Waals surface area contributed by atoms with E-state index in [1.165, 1.54) is 38.8 Å². The summed E-state index contributed by atoms with van der Waals surface area (Å²) in [4.78, 5) is 0.194. The molecule has 2 atom stereocenters. The molecule has 1 aromatic rings. The van der Waals surface area contributed by atoms with Gasteiger partial charge in [0.1, 0.15) is 0 Å². The maximum atomic E-state index is 11.7. The number of anilines is 2. The Hall–Kier alpha value is -1.27. The fourth-order valence-electron chi connectivity index (χ4n) is 2.99. The highest BCUT2D eigenvalue weighted by molar-refractivity contribution is 7.89. The molecule has 0 bridgehead atoms. The summed E-state index contributed by atoms with van der Waals surface area (Å²) in [6.07, 6.45) is 5.13. The van der Waals surface area contributed by atoms with Gasteiger partial charge in [0.2, 0.25) is 10.0 Å². The average Bonchev–Trinajstić information content (AvgIpc) is 2.46. The van der Waals surface area contributed by atoms with Gasteiger partial charge in [-0.3, -0.25) is 0 Å². The summed E-state index contributed by atoms with van der Waals surface area (Å²) in [7, 11) is -2.05. The van der Waals surface area contributed by atoms with Gasteiger partial charge in [-0.05, 0) is 49.9 Å². The fraction of sp³-hybridized carbons (Fsp3) is 0.600. The van der Waals surface area contributed by atoms with Crippen molar-refractivity contribution in [3.05, 3.63) is 18.2 Å². The zero-order valence-electron chi connectivity index (χ0n) is 12.7. The van der Waals surface area contributed by atoms with Crippen molar-refractivity contribution in [3.8, 4) is 0 Å². The highest BCUT2D eigenvalue weighted by Crippen LogP contribution is 2.29. The van der Waals surface area contributed by atoms with Crippen molar-refractivity contribution in [1.82, 2.24) is 4.72 Å². The van der Waals surface area contributed by atoms with Crippen LogP contribution in [0.15, 0.2) is 23.1 Å². The van der Waals surface area contributed by atoms with Crippen LogP contribution in [0.4, 0.5) is 11.4 Å². The molecule has 1 aliphatic rings. The number of nitrogens with one attached hydrogen (secondary N) is 2. The second-order valence-electron chi connectivity index (χ2n) is 5.98. The van der Waals surface area contributed by atoms with Crippen molar-refractivity contribution in [3.63, 3.8) is 0 Å². The van der Waals surface area contributed by atoms with Gasteiger partial charge in [-0.15, -0.1) is 0 Å². The van der Waals surface area contributed by atoms with Gasteiger partial charge >= 0.3 is 0 Å². The van der Waals surface area contributed by atoms with Crippen LogP contribution < -0.4 is 15.8 Å². The molecule has 0 aliphatic heterocycles. The van der Waals surface area contributed by atoms with Crippen LogP contribution >= 0.6 is 0 Å². The molecule has 0 aromatic heterocycles. The van der Waals surface area contributed by atoms with Crippen molar-refractivity contribution in [1.29, 1.82) is 0 Å². The van der Waals surface area contributed by atoms with E-state index >= 15 is 0 Å². The maximum absolute atomic E-state index is 11.7. The van der Waals surface area contributed by atoms with E-state index in [4.69, 9.17) is 5.73 Å². The number of nitrogens with two attached hydrogens (primary N) is 1. The van der Waals surface area contributed by atoms with E-state index in [2.05, 4.69) is 17.0 Å². The first-order chi connectivity index (χ1) is 9.92. The molecule has 6 heteroatoms. The van der Waals surface area contributed by atoms with E-state index in [0.717, 1.165) is 18.2 Å². The Balaban J connectivity index is 2.01. The molecular weight excluding hydrogens is 286 g/mol. The summed E-state index contributed by atoms with van der Waals surface area (Å²) < 4.78 is 25.7. The SMILES string of the molecule is CNS(=O)(=O)c1ccc(NCC2CCCC(C)C2)c(N)c1. The Morgan fingerprint density at radius 1 is 1.33 bits per heavy atom. The van der Waals surface area contributed by atoms with Crippen molar-refractivity contribution >= 4 is 21.4 Å². The molecule has 2 rings (SSSR count). The van der Waals surface area contributed by atoms with Gasteiger partial charge < -0.3 is 11.1 Å². The van der Waals surface area contributed by atoms with Crippen molar-refractivity contribution < 1.29 is 8.42 Å². The molecule has 0 amide bonds. The second kappa shape index (κ2) is 6.66. The third kappa shape index (κ3) is 4.11. The Labute approximate surface area is 127 Å². The molecule has 1 aliphatic carbocycles. The van der Waals surface area contributed by atoms with E-state index in [-0.39, 0.29) is 4.90 Å². The molecule has 1 aromatic carbocycles.